The van der Waals surface area contributed by atoms with Crippen molar-refractivity contribution in [1.82, 2.24) is 0 Å². The number of hydrogen-bond donors (Lipinski definition) is 0. The lowest BCUT2D eigenvalue weighted by molar-refractivity contribution is 0.195. The van der Waals surface area contributed by atoms with Crippen molar-refractivity contribution in [1.29, 1.82) is 0 Å². The van der Waals surface area contributed by atoms with E-state index in [1.54, 1.807) is 5.19 Å². The quantitative estimate of drug-likeness (QED) is 0.147. The van der Waals surface area contributed by atoms with E-state index in [0.717, 1.165) is 6.42 Å². The van der Waals surface area contributed by atoms with Gasteiger partial charge in [-0.2, -0.15) is 0 Å². The highest BCUT2D eigenvalue weighted by molar-refractivity contribution is 7.00. The van der Waals surface area contributed by atoms with E-state index in [9.17, 15) is 0 Å². The molecule has 82 heavy (non-hydrogen) atoms. The van der Waals surface area contributed by atoms with E-state index in [2.05, 4.69) is 305 Å². The van der Waals surface area contributed by atoms with Crippen LogP contribution in [0.4, 0.5) is 45.5 Å². The lowest BCUT2D eigenvalue weighted by atomic mass is 9.33. The molecule has 3 heterocycles. The van der Waals surface area contributed by atoms with E-state index in [1.807, 2.05) is 0 Å². The third-order valence-corrected chi connectivity index (χ3v) is 21.7. The fourth-order valence-electron chi connectivity index (χ4n) is 14.6. The summed E-state index contributed by atoms with van der Waals surface area (Å²) in [6, 6.07) is 76.0. The van der Waals surface area contributed by atoms with Crippen LogP contribution in [0.2, 0.25) is 19.6 Å². The van der Waals surface area contributed by atoms with Crippen LogP contribution in [0.1, 0.15) is 124 Å². The molecule has 1 fully saturated rings. The summed E-state index contributed by atoms with van der Waals surface area (Å²) in [4.78, 5) is 8.26. The summed E-state index contributed by atoms with van der Waals surface area (Å²) in [5, 5.41) is 1.54. The van der Waals surface area contributed by atoms with Crippen molar-refractivity contribution in [3.63, 3.8) is 0 Å². The van der Waals surface area contributed by atoms with Crippen LogP contribution in [-0.4, -0.2) is 20.3 Å². The third-order valence-electron chi connectivity index (χ3n) is 19.6. The molecule has 0 radical (unpaired) electrons. The van der Waals surface area contributed by atoms with Crippen molar-refractivity contribution in [2.24, 2.45) is 0 Å². The Balaban J connectivity index is 1.21. The maximum Gasteiger partial charge on any atom is 0.252 e. The van der Waals surface area contributed by atoms with Gasteiger partial charge in [-0.05, 0) is 152 Å². The number of rotatable bonds is 7. The van der Waals surface area contributed by atoms with Crippen LogP contribution in [0.3, 0.4) is 0 Å². The minimum Gasteiger partial charge on any atom is -0.334 e. The highest BCUT2D eigenvalue weighted by Crippen LogP contribution is 2.62. The second kappa shape index (κ2) is 19.1. The van der Waals surface area contributed by atoms with Gasteiger partial charge in [0.15, 0.2) is 0 Å². The van der Waals surface area contributed by atoms with Gasteiger partial charge in [0.05, 0.1) is 25.0 Å². The number of benzene rings is 9. The number of nitrogens with zero attached hydrogens (tertiary/aromatic N) is 3. The number of hydrogen-bond acceptors (Lipinski definition) is 3. The van der Waals surface area contributed by atoms with Crippen LogP contribution in [0.5, 0.6) is 0 Å². The maximum absolute atomic E-state index is 2.85. The van der Waals surface area contributed by atoms with Gasteiger partial charge in [0.1, 0.15) is 0 Å². The lowest BCUT2D eigenvalue weighted by Crippen LogP contribution is -2.61. The summed E-state index contributed by atoms with van der Waals surface area (Å²) in [5.41, 5.74) is 26.2. The van der Waals surface area contributed by atoms with E-state index < -0.39 is 8.07 Å². The molecular formula is C77H82BN3Si. The first-order chi connectivity index (χ1) is 38.9. The summed E-state index contributed by atoms with van der Waals surface area (Å²) in [5.74, 6) is 0. The summed E-state index contributed by atoms with van der Waals surface area (Å²) < 4.78 is 0. The molecule has 0 aromatic heterocycles. The molecular weight excluding hydrogens is 1010 g/mol. The Bertz CT molecular complexity index is 3970. The molecule has 5 heteroatoms. The van der Waals surface area contributed by atoms with Crippen LogP contribution < -0.4 is 36.3 Å². The van der Waals surface area contributed by atoms with Crippen molar-refractivity contribution in [3.8, 4) is 33.4 Å². The first-order valence-corrected chi connectivity index (χ1v) is 33.9. The van der Waals surface area contributed by atoms with Crippen LogP contribution in [0, 0.1) is 0 Å². The average Bonchev–Trinajstić information content (AvgIpc) is 1.36. The summed E-state index contributed by atoms with van der Waals surface area (Å²) in [7, 11) is -1.66. The molecule has 0 amide bonds. The van der Waals surface area contributed by atoms with Gasteiger partial charge in [0.2, 0.25) is 0 Å². The van der Waals surface area contributed by atoms with Gasteiger partial charge in [-0.25, -0.2) is 0 Å². The van der Waals surface area contributed by atoms with Crippen LogP contribution in [0.15, 0.2) is 194 Å². The molecule has 9 aromatic carbocycles. The Labute approximate surface area is 492 Å². The zero-order valence-corrected chi connectivity index (χ0v) is 52.2. The van der Waals surface area contributed by atoms with Crippen LogP contribution in [0.25, 0.3) is 33.4 Å². The van der Waals surface area contributed by atoms with Crippen molar-refractivity contribution < 1.29 is 0 Å². The first-order valence-electron chi connectivity index (χ1n) is 30.4. The lowest BCUT2D eigenvalue weighted by Gasteiger charge is -2.51. The predicted molar refractivity (Wildman–Crippen MR) is 359 cm³/mol. The van der Waals surface area contributed by atoms with Gasteiger partial charge in [-0.1, -0.05) is 246 Å². The fourth-order valence-corrected chi connectivity index (χ4v) is 15.8. The molecule has 0 saturated heterocycles. The summed E-state index contributed by atoms with van der Waals surface area (Å²) >= 11 is 0. The molecule has 3 aliphatic heterocycles. The Morgan fingerprint density at radius 3 is 1.40 bits per heavy atom. The SMILES string of the molecule is CC(C)(C)c1ccc2c(c1)B1c3ccc(-c4ccccc4)cc3N(c3ccc(C(C)(C)C)cc3-c3ccccc3)c3cc(N4c5ccc([Si](C)(C)C)cc5C5(C)CCCCC45C)cc(c31)N2c1ccc(C(C)(C)C)cc1-c1ccccc1. The summed E-state index contributed by atoms with van der Waals surface area (Å²) in [6.45, 7) is 33.9. The van der Waals surface area contributed by atoms with Gasteiger partial charge < -0.3 is 14.7 Å². The zero-order chi connectivity index (χ0) is 57.5. The van der Waals surface area contributed by atoms with E-state index in [0.29, 0.717) is 0 Å². The van der Waals surface area contributed by atoms with Gasteiger partial charge in [0.25, 0.3) is 6.71 Å². The Hall–Kier alpha value is -7.34. The fraction of sp³-hybridized carbons (Fsp3) is 0.299. The monoisotopic (exact) mass is 1090 g/mol. The molecule has 9 aromatic rings. The highest BCUT2D eigenvalue weighted by Gasteiger charge is 2.58. The number of fused-ring (bicyclic) bond motifs is 7. The molecule has 2 atom stereocenters. The molecule has 4 aliphatic rings. The predicted octanol–water partition coefficient (Wildman–Crippen LogP) is 18.9. The standard InChI is InChI=1S/C77H82BN3Si/c1-73(2,3)55-33-38-65(60(45-55)52-28-20-16-21-29-52)79-68-40-35-57(75(7,8)9)47-64(68)78-63-37-32-54(51-26-18-15-19-27-51)44-69(63)80(66-39-34-56(74(4,5)6)46-61(66)53-30-22-17-23-31-53)71-49-58(48-70(79)72(71)78)81-67-41-36-59(82(12,13)14)50-62(67)76(10)42-24-25-43-77(76,81)11/h15-23,26-41,44-50H,24-25,42-43H2,1-14H3. The average molecular weight is 1090 g/mol. The second-order valence-corrected chi connectivity index (χ2v) is 34.1. The Kier molecular flexibility index (Phi) is 12.6. The molecule has 1 saturated carbocycles. The molecule has 0 bridgehead atoms. The van der Waals surface area contributed by atoms with Crippen molar-refractivity contribution in [2.75, 3.05) is 14.7 Å². The normalized spacial score (nSPS) is 18.4. The maximum atomic E-state index is 2.85. The Morgan fingerprint density at radius 1 is 0.402 bits per heavy atom. The Morgan fingerprint density at radius 2 is 0.878 bits per heavy atom. The highest BCUT2D eigenvalue weighted by atomic mass is 28.3. The molecule has 412 valence electrons. The van der Waals surface area contributed by atoms with Gasteiger partial charge >= 0.3 is 0 Å². The third kappa shape index (κ3) is 8.65. The minimum atomic E-state index is -1.66. The topological polar surface area (TPSA) is 9.72 Å². The van der Waals surface area contributed by atoms with Crippen LogP contribution >= 0.6 is 0 Å². The van der Waals surface area contributed by atoms with Crippen molar-refractivity contribution >= 4 is 81.9 Å². The largest absolute Gasteiger partial charge is 0.334 e. The number of anilines is 8. The molecule has 13 rings (SSSR count). The molecule has 3 nitrogen and oxygen atoms in total. The first kappa shape index (κ1) is 53.9. The van der Waals surface area contributed by atoms with E-state index >= 15 is 0 Å². The van der Waals surface area contributed by atoms with E-state index in [-0.39, 0.29) is 33.9 Å². The smallest absolute Gasteiger partial charge is 0.252 e. The van der Waals surface area contributed by atoms with Crippen molar-refractivity contribution in [3.05, 3.63) is 216 Å². The van der Waals surface area contributed by atoms with E-state index in [4.69, 9.17) is 0 Å². The van der Waals surface area contributed by atoms with Gasteiger partial charge in [-0.3, -0.25) is 0 Å². The van der Waals surface area contributed by atoms with Gasteiger partial charge in [-0.15, -0.1) is 0 Å². The zero-order valence-electron chi connectivity index (χ0n) is 51.2. The molecule has 1 aliphatic carbocycles. The van der Waals surface area contributed by atoms with Gasteiger partial charge in [0, 0.05) is 50.7 Å². The molecule has 2 unspecified atom stereocenters. The van der Waals surface area contributed by atoms with Crippen LogP contribution in [-0.2, 0) is 21.7 Å². The summed E-state index contributed by atoms with van der Waals surface area (Å²) in [6.07, 6.45) is 4.72. The van der Waals surface area contributed by atoms with Crippen molar-refractivity contribution in [2.45, 2.75) is 149 Å². The minimum absolute atomic E-state index is 0.0506. The molecule has 0 spiro atoms. The second-order valence-electron chi connectivity index (χ2n) is 29.0. The van der Waals surface area contributed by atoms with E-state index in [1.165, 1.54) is 137 Å². The molecule has 0 N–H and O–H groups in total.